The zero-order valence-electron chi connectivity index (χ0n) is 11.3. The number of hydrogen-bond donors (Lipinski definition) is 1. The molecule has 4 rings (SSSR count). The van der Waals surface area contributed by atoms with E-state index in [1.165, 1.54) is 24.0 Å². The van der Waals surface area contributed by atoms with Crippen molar-refractivity contribution >= 4 is 0 Å². The summed E-state index contributed by atoms with van der Waals surface area (Å²) in [6, 6.07) is 16.9. The van der Waals surface area contributed by atoms with Crippen LogP contribution in [0.5, 0.6) is 11.5 Å². The summed E-state index contributed by atoms with van der Waals surface area (Å²) in [6.45, 7) is 1.19. The van der Waals surface area contributed by atoms with E-state index in [-0.39, 0.29) is 5.54 Å². The van der Waals surface area contributed by atoms with Crippen LogP contribution in [0.15, 0.2) is 48.5 Å². The monoisotopic (exact) mass is 267 g/mol. The van der Waals surface area contributed by atoms with Crippen LogP contribution in [0.3, 0.4) is 0 Å². The summed E-state index contributed by atoms with van der Waals surface area (Å²) in [4.78, 5) is 0. The van der Waals surface area contributed by atoms with Gasteiger partial charge in [-0.05, 0) is 36.1 Å². The van der Waals surface area contributed by atoms with Gasteiger partial charge in [0.1, 0.15) is 0 Å². The highest BCUT2D eigenvalue weighted by Crippen LogP contribution is 2.45. The minimum absolute atomic E-state index is 0.178. The first-order valence-electron chi connectivity index (χ1n) is 7.05. The van der Waals surface area contributed by atoms with Crippen molar-refractivity contribution in [3.63, 3.8) is 0 Å². The van der Waals surface area contributed by atoms with Gasteiger partial charge in [0, 0.05) is 12.1 Å². The molecule has 2 aliphatic rings. The normalized spacial score (nSPS) is 18.0. The Hall–Kier alpha value is -2.00. The Morgan fingerprint density at radius 3 is 2.55 bits per heavy atom. The van der Waals surface area contributed by atoms with E-state index in [1.807, 2.05) is 6.07 Å². The molecular weight excluding hydrogens is 250 g/mol. The third kappa shape index (κ3) is 2.04. The fourth-order valence-corrected chi connectivity index (χ4v) is 2.77. The molecule has 0 aromatic heterocycles. The van der Waals surface area contributed by atoms with Crippen LogP contribution in [-0.4, -0.2) is 6.79 Å². The Balaban J connectivity index is 1.48. The zero-order chi connectivity index (χ0) is 13.4. The number of nitrogens with one attached hydrogen (secondary N) is 1. The van der Waals surface area contributed by atoms with Gasteiger partial charge in [0.05, 0.1) is 0 Å². The highest BCUT2D eigenvalue weighted by atomic mass is 16.7. The van der Waals surface area contributed by atoms with Crippen LogP contribution < -0.4 is 14.8 Å². The van der Waals surface area contributed by atoms with Gasteiger partial charge in [-0.15, -0.1) is 0 Å². The van der Waals surface area contributed by atoms with Gasteiger partial charge in [-0.1, -0.05) is 36.4 Å². The van der Waals surface area contributed by atoms with E-state index in [9.17, 15) is 0 Å². The van der Waals surface area contributed by atoms with Gasteiger partial charge in [-0.3, -0.25) is 0 Å². The van der Waals surface area contributed by atoms with E-state index >= 15 is 0 Å². The van der Waals surface area contributed by atoms with Crippen LogP contribution in [0.1, 0.15) is 24.0 Å². The van der Waals surface area contributed by atoms with Crippen LogP contribution in [-0.2, 0) is 12.1 Å². The number of benzene rings is 2. The van der Waals surface area contributed by atoms with Crippen molar-refractivity contribution in [3.8, 4) is 11.5 Å². The molecular formula is C17H17NO2. The lowest BCUT2D eigenvalue weighted by atomic mass is 10.0. The van der Waals surface area contributed by atoms with E-state index in [4.69, 9.17) is 9.47 Å². The molecule has 0 bridgehead atoms. The van der Waals surface area contributed by atoms with Crippen LogP contribution in [0.2, 0.25) is 0 Å². The van der Waals surface area contributed by atoms with Crippen molar-refractivity contribution in [1.29, 1.82) is 0 Å². The largest absolute Gasteiger partial charge is 0.454 e. The molecule has 0 spiro atoms. The number of ether oxygens (including phenoxy) is 2. The average molecular weight is 267 g/mol. The Kier molecular flexibility index (Phi) is 2.67. The Morgan fingerprint density at radius 2 is 1.75 bits per heavy atom. The van der Waals surface area contributed by atoms with Gasteiger partial charge in [-0.25, -0.2) is 0 Å². The maximum absolute atomic E-state index is 5.42. The molecule has 20 heavy (non-hydrogen) atoms. The number of rotatable bonds is 4. The molecule has 1 fully saturated rings. The van der Waals surface area contributed by atoms with Crippen LogP contribution in [0.4, 0.5) is 0 Å². The first-order valence-corrected chi connectivity index (χ1v) is 7.05. The Morgan fingerprint density at radius 1 is 0.950 bits per heavy atom. The third-order valence-electron chi connectivity index (χ3n) is 4.14. The second kappa shape index (κ2) is 4.53. The molecule has 0 unspecified atom stereocenters. The summed E-state index contributed by atoms with van der Waals surface area (Å²) in [5.74, 6) is 1.70. The molecule has 3 nitrogen and oxygen atoms in total. The predicted octanol–water partition coefficient (Wildman–Crippen LogP) is 3.19. The standard InChI is InChI=1S/C17H17NO2/c1-2-4-14(5-3-1)17(8-9-17)18-11-13-6-7-15-16(10-13)20-12-19-15/h1-7,10,18H,8-9,11-12H2. The van der Waals surface area contributed by atoms with Crippen LogP contribution >= 0.6 is 0 Å². The summed E-state index contributed by atoms with van der Waals surface area (Å²) in [5.41, 5.74) is 2.80. The number of hydrogen-bond acceptors (Lipinski definition) is 3. The van der Waals surface area contributed by atoms with Crippen molar-refractivity contribution in [2.24, 2.45) is 0 Å². The van der Waals surface area contributed by atoms with Gasteiger partial charge in [0.2, 0.25) is 6.79 Å². The zero-order valence-corrected chi connectivity index (χ0v) is 11.3. The SMILES string of the molecule is c1ccc(C2(NCc3ccc4c(c3)OCO4)CC2)cc1. The Bertz CT molecular complexity index is 620. The van der Waals surface area contributed by atoms with E-state index in [0.717, 1.165) is 18.0 Å². The van der Waals surface area contributed by atoms with Crippen molar-refractivity contribution in [2.45, 2.75) is 24.9 Å². The molecule has 1 heterocycles. The Labute approximate surface area is 118 Å². The van der Waals surface area contributed by atoms with Crippen LogP contribution in [0, 0.1) is 0 Å². The quantitative estimate of drug-likeness (QED) is 0.922. The van der Waals surface area contributed by atoms with Gasteiger partial charge in [0.15, 0.2) is 11.5 Å². The van der Waals surface area contributed by atoms with E-state index in [1.54, 1.807) is 0 Å². The van der Waals surface area contributed by atoms with Crippen molar-refractivity contribution in [3.05, 3.63) is 59.7 Å². The second-order valence-corrected chi connectivity index (χ2v) is 5.49. The second-order valence-electron chi connectivity index (χ2n) is 5.49. The average Bonchev–Trinajstić information content (AvgIpc) is 3.16. The summed E-state index contributed by atoms with van der Waals surface area (Å²) in [7, 11) is 0. The van der Waals surface area contributed by atoms with Crippen molar-refractivity contribution in [2.75, 3.05) is 6.79 Å². The third-order valence-corrected chi connectivity index (χ3v) is 4.14. The predicted molar refractivity (Wildman–Crippen MR) is 76.8 cm³/mol. The van der Waals surface area contributed by atoms with Gasteiger partial charge >= 0.3 is 0 Å². The minimum atomic E-state index is 0.178. The molecule has 0 atom stereocenters. The summed E-state index contributed by atoms with van der Waals surface area (Å²) in [6.07, 6.45) is 2.42. The fourth-order valence-electron chi connectivity index (χ4n) is 2.77. The highest BCUT2D eigenvalue weighted by molar-refractivity contribution is 5.44. The molecule has 0 saturated heterocycles. The van der Waals surface area contributed by atoms with E-state index in [0.29, 0.717) is 6.79 Å². The molecule has 0 amide bonds. The topological polar surface area (TPSA) is 30.5 Å². The lowest BCUT2D eigenvalue weighted by Gasteiger charge is -2.18. The summed E-state index contributed by atoms with van der Waals surface area (Å²) >= 11 is 0. The van der Waals surface area contributed by atoms with E-state index in [2.05, 4.69) is 47.8 Å². The maximum atomic E-state index is 5.42. The smallest absolute Gasteiger partial charge is 0.231 e. The molecule has 1 N–H and O–H groups in total. The first kappa shape index (κ1) is 11.8. The minimum Gasteiger partial charge on any atom is -0.454 e. The molecule has 3 heteroatoms. The van der Waals surface area contributed by atoms with Gasteiger partial charge in [0.25, 0.3) is 0 Å². The van der Waals surface area contributed by atoms with Gasteiger partial charge < -0.3 is 14.8 Å². The van der Waals surface area contributed by atoms with Crippen LogP contribution in [0.25, 0.3) is 0 Å². The van der Waals surface area contributed by atoms with Crippen molar-refractivity contribution < 1.29 is 9.47 Å². The number of fused-ring (bicyclic) bond motifs is 1. The summed E-state index contributed by atoms with van der Waals surface area (Å²) < 4.78 is 10.8. The molecule has 102 valence electrons. The molecule has 2 aromatic carbocycles. The maximum Gasteiger partial charge on any atom is 0.231 e. The highest BCUT2D eigenvalue weighted by Gasteiger charge is 2.43. The van der Waals surface area contributed by atoms with E-state index < -0.39 is 0 Å². The fraction of sp³-hybridized carbons (Fsp3) is 0.294. The summed E-state index contributed by atoms with van der Waals surface area (Å²) in [5, 5.41) is 3.70. The van der Waals surface area contributed by atoms with Crippen molar-refractivity contribution in [1.82, 2.24) is 5.32 Å². The molecule has 0 radical (unpaired) electrons. The van der Waals surface area contributed by atoms with Gasteiger partial charge in [-0.2, -0.15) is 0 Å². The lowest BCUT2D eigenvalue weighted by molar-refractivity contribution is 0.174. The molecule has 2 aromatic rings. The first-order chi connectivity index (χ1) is 9.86. The lowest BCUT2D eigenvalue weighted by Crippen LogP contribution is -2.28. The molecule has 1 aliphatic heterocycles. The molecule has 1 saturated carbocycles. The molecule has 1 aliphatic carbocycles.